The molecule has 0 amide bonds. The zero-order chi connectivity index (χ0) is 19.7. The van der Waals surface area contributed by atoms with Gasteiger partial charge in [0.1, 0.15) is 28.1 Å². The Morgan fingerprint density at radius 3 is 2.33 bits per heavy atom. The Labute approximate surface area is 164 Å². The highest BCUT2D eigenvalue weighted by atomic mass is 32.1. The van der Waals surface area contributed by atoms with E-state index in [1.807, 2.05) is 20.8 Å². The van der Waals surface area contributed by atoms with Crippen molar-refractivity contribution in [2.24, 2.45) is 0 Å². The van der Waals surface area contributed by atoms with Gasteiger partial charge in [-0.3, -0.25) is 4.79 Å². The summed E-state index contributed by atoms with van der Waals surface area (Å²) < 4.78 is 27.5. The van der Waals surface area contributed by atoms with Gasteiger partial charge in [0.15, 0.2) is 0 Å². The van der Waals surface area contributed by atoms with E-state index in [0.29, 0.717) is 5.01 Å². The number of benzene rings is 1. The van der Waals surface area contributed by atoms with Gasteiger partial charge in [0.25, 0.3) is 0 Å². The maximum atomic E-state index is 13.8. The molecule has 0 fully saturated rings. The van der Waals surface area contributed by atoms with Crippen LogP contribution in [0.2, 0.25) is 0 Å². The lowest BCUT2D eigenvalue weighted by Gasteiger charge is -2.03. The van der Waals surface area contributed by atoms with Gasteiger partial charge in [-0.15, -0.1) is 22.7 Å². The van der Waals surface area contributed by atoms with Gasteiger partial charge in [-0.2, -0.15) is 0 Å². The van der Waals surface area contributed by atoms with Crippen molar-refractivity contribution in [3.8, 4) is 10.6 Å². The lowest BCUT2D eigenvalue weighted by molar-refractivity contribution is -0.117. The number of carbonyl (C=O) groups is 1. The first-order chi connectivity index (χ1) is 12.8. The molecule has 3 nitrogen and oxygen atoms in total. The molecule has 0 saturated carbocycles. The highest BCUT2D eigenvalue weighted by molar-refractivity contribution is 7.16. The Hall–Kier alpha value is -2.25. The number of halogens is 2. The van der Waals surface area contributed by atoms with Crippen LogP contribution in [0.25, 0.3) is 16.1 Å². The molecule has 0 aliphatic rings. The predicted octanol–water partition coefficient (Wildman–Crippen LogP) is 5.55. The first kappa shape index (κ1) is 19.5. The van der Waals surface area contributed by atoms with E-state index in [-0.39, 0.29) is 24.2 Å². The second-order valence-corrected chi connectivity index (χ2v) is 8.59. The molecule has 27 heavy (non-hydrogen) atoms. The minimum Gasteiger partial charge on any atom is -0.299 e. The summed E-state index contributed by atoms with van der Waals surface area (Å²) in [4.78, 5) is 23.3. The van der Waals surface area contributed by atoms with E-state index in [2.05, 4.69) is 16.5 Å². The summed E-state index contributed by atoms with van der Waals surface area (Å²) in [5, 5.41) is 1.55. The van der Waals surface area contributed by atoms with Crippen LogP contribution in [-0.2, 0) is 17.6 Å². The Kier molecular flexibility index (Phi) is 5.62. The average molecular weight is 405 g/mol. The van der Waals surface area contributed by atoms with Crippen LogP contribution in [0.4, 0.5) is 8.78 Å². The third-order valence-corrected chi connectivity index (χ3v) is 6.26. The number of rotatable bonds is 6. The lowest BCUT2D eigenvalue weighted by Crippen LogP contribution is -2.09. The number of hydrogen-bond acceptors (Lipinski definition) is 5. The Morgan fingerprint density at radius 1 is 1.11 bits per heavy atom. The van der Waals surface area contributed by atoms with E-state index in [1.54, 1.807) is 11.3 Å². The number of thiazole rings is 2. The summed E-state index contributed by atoms with van der Waals surface area (Å²) in [6.07, 6.45) is -0.274. The first-order valence-electron chi connectivity index (χ1n) is 8.30. The summed E-state index contributed by atoms with van der Waals surface area (Å²) in [7, 11) is 0. The molecule has 0 aliphatic heterocycles. The van der Waals surface area contributed by atoms with Crippen LogP contribution in [0.5, 0.6) is 0 Å². The smallest absolute Gasteiger partial charge is 0.144 e. The molecule has 0 spiro atoms. The molecule has 1 aromatic carbocycles. The van der Waals surface area contributed by atoms with Crippen molar-refractivity contribution in [3.05, 3.63) is 62.6 Å². The van der Waals surface area contributed by atoms with Crippen molar-refractivity contribution in [2.45, 2.75) is 33.6 Å². The summed E-state index contributed by atoms with van der Waals surface area (Å²) in [5.74, 6) is -1.70. The topological polar surface area (TPSA) is 42.9 Å². The standard InChI is InChI=1S/C20H18F2N2OS2/c1-10(2)19-18(20-11(3)23-12(4)26-20)24-17(27-19)9-13(25)8-14-15(21)6-5-7-16(14)22/h5-7H,1,8-9H2,2-4H3. The van der Waals surface area contributed by atoms with Crippen molar-refractivity contribution >= 4 is 34.0 Å². The van der Waals surface area contributed by atoms with Gasteiger partial charge in [-0.25, -0.2) is 18.7 Å². The fourth-order valence-electron chi connectivity index (χ4n) is 2.76. The number of aromatic nitrogens is 2. The Balaban J connectivity index is 1.87. The molecule has 0 atom stereocenters. The zero-order valence-corrected chi connectivity index (χ0v) is 16.9. The Morgan fingerprint density at radius 2 is 1.78 bits per heavy atom. The molecule has 0 saturated heterocycles. The molecule has 0 radical (unpaired) electrons. The van der Waals surface area contributed by atoms with Crippen LogP contribution in [0.1, 0.15) is 33.1 Å². The quantitative estimate of drug-likeness (QED) is 0.541. The highest BCUT2D eigenvalue weighted by Gasteiger charge is 2.20. The zero-order valence-electron chi connectivity index (χ0n) is 15.2. The normalized spacial score (nSPS) is 11.0. The third kappa shape index (κ3) is 4.20. The number of carbonyl (C=O) groups excluding carboxylic acids is 1. The van der Waals surface area contributed by atoms with E-state index in [4.69, 9.17) is 0 Å². The number of nitrogens with zero attached hydrogens (tertiary/aromatic N) is 2. The van der Waals surface area contributed by atoms with Gasteiger partial charge in [0.05, 0.1) is 26.9 Å². The maximum Gasteiger partial charge on any atom is 0.144 e. The lowest BCUT2D eigenvalue weighted by atomic mass is 10.1. The molecule has 0 aliphatic carbocycles. The molecule has 0 unspecified atom stereocenters. The molecule has 3 aromatic rings. The van der Waals surface area contributed by atoms with Crippen molar-refractivity contribution < 1.29 is 13.6 Å². The molecule has 7 heteroatoms. The largest absolute Gasteiger partial charge is 0.299 e. The number of hydrogen-bond donors (Lipinski definition) is 0. The number of ketones is 1. The molecule has 140 valence electrons. The minimum absolute atomic E-state index is 0.0234. The molecule has 3 rings (SSSR count). The summed E-state index contributed by atoms with van der Waals surface area (Å²) in [6, 6.07) is 3.59. The van der Waals surface area contributed by atoms with Gasteiger partial charge in [-0.1, -0.05) is 12.6 Å². The van der Waals surface area contributed by atoms with Crippen LogP contribution in [-0.4, -0.2) is 15.8 Å². The first-order valence-corrected chi connectivity index (χ1v) is 9.94. The second kappa shape index (κ2) is 7.78. The van der Waals surface area contributed by atoms with Crippen molar-refractivity contribution in [3.63, 3.8) is 0 Å². The molecule has 0 N–H and O–H groups in total. The van der Waals surface area contributed by atoms with Crippen LogP contribution in [0, 0.1) is 25.5 Å². The van der Waals surface area contributed by atoms with Gasteiger partial charge in [0, 0.05) is 12.0 Å². The average Bonchev–Trinajstić information content (AvgIpc) is 3.13. The van der Waals surface area contributed by atoms with Gasteiger partial charge in [0.2, 0.25) is 0 Å². The fraction of sp³-hybridized carbons (Fsp3) is 0.250. The molecular formula is C20H18F2N2OS2. The molecular weight excluding hydrogens is 386 g/mol. The van der Waals surface area contributed by atoms with Gasteiger partial charge >= 0.3 is 0 Å². The van der Waals surface area contributed by atoms with Crippen LogP contribution in [0.15, 0.2) is 24.8 Å². The SMILES string of the molecule is C=C(C)c1sc(CC(=O)Cc2c(F)cccc2F)nc1-c1sc(C)nc1C. The van der Waals surface area contributed by atoms with Crippen LogP contribution in [0.3, 0.4) is 0 Å². The van der Waals surface area contributed by atoms with E-state index in [9.17, 15) is 13.6 Å². The van der Waals surface area contributed by atoms with Crippen molar-refractivity contribution in [1.29, 1.82) is 0 Å². The second-order valence-electron chi connectivity index (χ2n) is 6.31. The fourth-order valence-corrected chi connectivity index (χ4v) is 4.77. The van der Waals surface area contributed by atoms with Crippen molar-refractivity contribution in [1.82, 2.24) is 9.97 Å². The summed E-state index contributed by atoms with van der Waals surface area (Å²) in [6.45, 7) is 9.75. The Bertz CT molecular complexity index is 1020. The number of aryl methyl sites for hydroxylation is 2. The predicted molar refractivity (Wildman–Crippen MR) is 106 cm³/mol. The van der Waals surface area contributed by atoms with Gasteiger partial charge in [-0.05, 0) is 38.5 Å². The molecule has 2 heterocycles. The molecule has 2 aromatic heterocycles. The maximum absolute atomic E-state index is 13.8. The molecule has 0 bridgehead atoms. The minimum atomic E-state index is -0.707. The number of Topliss-reactive ketones (excluding diaryl/α,β-unsaturated/α-hetero) is 1. The van der Waals surface area contributed by atoms with Crippen molar-refractivity contribution in [2.75, 3.05) is 0 Å². The van der Waals surface area contributed by atoms with Crippen LogP contribution < -0.4 is 0 Å². The van der Waals surface area contributed by atoms with E-state index >= 15 is 0 Å². The number of allylic oxidation sites excluding steroid dienone is 1. The monoisotopic (exact) mass is 404 g/mol. The summed E-state index contributed by atoms with van der Waals surface area (Å²) in [5.41, 5.74) is 2.31. The van der Waals surface area contributed by atoms with E-state index in [0.717, 1.165) is 43.9 Å². The highest BCUT2D eigenvalue weighted by Crippen LogP contribution is 2.37. The summed E-state index contributed by atoms with van der Waals surface area (Å²) >= 11 is 2.93. The third-order valence-electron chi connectivity index (χ3n) is 3.96. The van der Waals surface area contributed by atoms with E-state index in [1.165, 1.54) is 17.4 Å². The van der Waals surface area contributed by atoms with E-state index < -0.39 is 11.6 Å². The van der Waals surface area contributed by atoms with Crippen LogP contribution >= 0.6 is 22.7 Å². The van der Waals surface area contributed by atoms with Gasteiger partial charge < -0.3 is 0 Å².